The lowest BCUT2D eigenvalue weighted by atomic mass is 9.96. The zero-order valence-corrected chi connectivity index (χ0v) is 23.2. The Labute approximate surface area is 241 Å². The molecule has 2 aliphatic heterocycles. The van der Waals surface area contributed by atoms with Gasteiger partial charge in [-0.2, -0.15) is 5.01 Å². The lowest BCUT2D eigenvalue weighted by Crippen LogP contribution is -2.76. The fourth-order valence-corrected chi connectivity index (χ4v) is 5.71. The zero-order chi connectivity index (χ0) is 28.8. The number of hydrazine groups is 1. The number of nitrogens with zero attached hydrogens (tertiary/aromatic N) is 4. The van der Waals surface area contributed by atoms with Gasteiger partial charge in [0.25, 0.3) is 0 Å². The van der Waals surface area contributed by atoms with E-state index in [1.54, 1.807) is 19.8 Å². The van der Waals surface area contributed by atoms with Crippen molar-refractivity contribution in [1.82, 2.24) is 25.1 Å². The van der Waals surface area contributed by atoms with Gasteiger partial charge in [-0.1, -0.05) is 104 Å². The number of hydrogen-bond donors (Lipinski definition) is 1. The summed E-state index contributed by atoms with van der Waals surface area (Å²) >= 11 is 0. The Morgan fingerprint density at radius 3 is 2.20 bits per heavy atom. The van der Waals surface area contributed by atoms with Crippen molar-refractivity contribution in [2.24, 2.45) is 0 Å². The molecule has 2 aliphatic rings. The van der Waals surface area contributed by atoms with Crippen molar-refractivity contribution in [2.75, 3.05) is 26.2 Å². The number of carbonyl (C=O) groups excluding carboxylic acids is 3. The smallest absolute Gasteiger partial charge is 0.334 e. The Hall–Kier alpha value is -4.61. The Morgan fingerprint density at radius 2 is 1.56 bits per heavy atom. The molecular formula is C33H35N5O3. The Morgan fingerprint density at radius 1 is 0.951 bits per heavy atom. The van der Waals surface area contributed by atoms with Crippen molar-refractivity contribution in [3.05, 3.63) is 108 Å². The molecule has 2 saturated heterocycles. The molecule has 0 aromatic heterocycles. The number of terminal acetylenes is 1. The van der Waals surface area contributed by atoms with Gasteiger partial charge in [0.05, 0.1) is 19.6 Å². The summed E-state index contributed by atoms with van der Waals surface area (Å²) in [6, 6.07) is 28.2. The van der Waals surface area contributed by atoms with Gasteiger partial charge in [0, 0.05) is 19.5 Å². The fraction of sp³-hybridized carbons (Fsp3) is 0.303. The monoisotopic (exact) mass is 549 g/mol. The highest BCUT2D eigenvalue weighted by Crippen LogP contribution is 2.30. The highest BCUT2D eigenvalue weighted by molar-refractivity contribution is 5.91. The molecule has 0 aliphatic carbocycles. The Kier molecular flexibility index (Phi) is 8.66. The van der Waals surface area contributed by atoms with E-state index in [2.05, 4.69) is 30.3 Å². The van der Waals surface area contributed by atoms with Crippen LogP contribution in [0.5, 0.6) is 0 Å². The van der Waals surface area contributed by atoms with Crippen LogP contribution < -0.4 is 5.32 Å². The minimum Gasteiger partial charge on any atom is -0.336 e. The van der Waals surface area contributed by atoms with E-state index in [-0.39, 0.29) is 43.4 Å². The van der Waals surface area contributed by atoms with Crippen LogP contribution in [0.15, 0.2) is 91.0 Å². The fourth-order valence-electron chi connectivity index (χ4n) is 5.71. The highest BCUT2D eigenvalue weighted by atomic mass is 16.2. The van der Waals surface area contributed by atoms with Crippen molar-refractivity contribution < 1.29 is 14.4 Å². The normalized spacial score (nSPS) is 19.9. The summed E-state index contributed by atoms with van der Waals surface area (Å²) in [6.45, 7) is 3.06. The zero-order valence-electron chi connectivity index (χ0n) is 23.2. The Balaban J connectivity index is 1.47. The largest absolute Gasteiger partial charge is 0.336 e. The van der Waals surface area contributed by atoms with Gasteiger partial charge in [-0.15, -0.1) is 6.42 Å². The van der Waals surface area contributed by atoms with Crippen LogP contribution in [0.4, 0.5) is 4.79 Å². The minimum absolute atomic E-state index is 0.0607. The van der Waals surface area contributed by atoms with Crippen LogP contribution in [0.2, 0.25) is 0 Å². The van der Waals surface area contributed by atoms with E-state index in [1.807, 2.05) is 78.9 Å². The van der Waals surface area contributed by atoms with E-state index < -0.39 is 12.2 Å². The van der Waals surface area contributed by atoms with Crippen LogP contribution in [0.3, 0.4) is 0 Å². The van der Waals surface area contributed by atoms with Gasteiger partial charge in [-0.05, 0) is 22.6 Å². The van der Waals surface area contributed by atoms with E-state index in [0.29, 0.717) is 19.5 Å². The van der Waals surface area contributed by atoms with Crippen LogP contribution in [0.25, 0.3) is 0 Å². The van der Waals surface area contributed by atoms with E-state index in [9.17, 15) is 14.4 Å². The van der Waals surface area contributed by atoms with Crippen molar-refractivity contribution >= 4 is 17.8 Å². The molecule has 4 amide bonds. The molecule has 2 fully saturated rings. The number of carbonyl (C=O) groups is 3. The maximum Gasteiger partial charge on any atom is 0.334 e. The topological polar surface area (TPSA) is 76.2 Å². The molecule has 41 heavy (non-hydrogen) atoms. The maximum atomic E-state index is 14.1. The molecule has 3 aromatic carbocycles. The SMILES string of the molecule is C#CCN1CC(=O)N2[C@@H](Cc3ccccc3)C(=O)N(CC(C)c3ccccc3)C[C@@H]2N1C(=O)NCc1ccccc1. The summed E-state index contributed by atoms with van der Waals surface area (Å²) in [5.74, 6) is 2.32. The lowest BCUT2D eigenvalue weighted by molar-refractivity contribution is -0.188. The van der Waals surface area contributed by atoms with Crippen molar-refractivity contribution in [3.8, 4) is 12.3 Å². The second-order valence-corrected chi connectivity index (χ2v) is 10.6. The molecule has 3 atom stereocenters. The van der Waals surface area contributed by atoms with Gasteiger partial charge in [0.15, 0.2) is 0 Å². The summed E-state index contributed by atoms with van der Waals surface area (Å²) in [6.07, 6.45) is 5.32. The first-order valence-electron chi connectivity index (χ1n) is 13.9. The molecule has 8 nitrogen and oxygen atoms in total. The quantitative estimate of drug-likeness (QED) is 0.437. The predicted molar refractivity (Wildman–Crippen MR) is 157 cm³/mol. The first kappa shape index (κ1) is 27.9. The first-order valence-corrected chi connectivity index (χ1v) is 13.9. The molecule has 0 bridgehead atoms. The number of fused-ring (bicyclic) bond motifs is 1. The second-order valence-electron chi connectivity index (χ2n) is 10.6. The molecule has 2 heterocycles. The third-order valence-corrected chi connectivity index (χ3v) is 7.73. The summed E-state index contributed by atoms with van der Waals surface area (Å²) in [4.78, 5) is 44.9. The number of urea groups is 1. The number of amides is 4. The maximum absolute atomic E-state index is 14.1. The van der Waals surface area contributed by atoms with Gasteiger partial charge < -0.3 is 15.1 Å². The van der Waals surface area contributed by atoms with E-state index in [4.69, 9.17) is 6.42 Å². The molecule has 1 unspecified atom stereocenters. The van der Waals surface area contributed by atoms with Crippen LogP contribution in [-0.4, -0.2) is 76.0 Å². The van der Waals surface area contributed by atoms with Crippen LogP contribution in [-0.2, 0) is 22.6 Å². The first-order chi connectivity index (χ1) is 20.0. The van der Waals surface area contributed by atoms with Gasteiger partial charge in [-0.25, -0.2) is 9.80 Å². The molecule has 0 saturated carbocycles. The summed E-state index contributed by atoms with van der Waals surface area (Å²) in [5, 5.41) is 6.16. The van der Waals surface area contributed by atoms with E-state index >= 15 is 0 Å². The number of piperazine rings is 1. The van der Waals surface area contributed by atoms with Crippen LogP contribution in [0.1, 0.15) is 29.5 Å². The van der Waals surface area contributed by atoms with Crippen LogP contribution >= 0.6 is 0 Å². The summed E-state index contributed by atoms with van der Waals surface area (Å²) < 4.78 is 0. The molecule has 0 radical (unpaired) electrons. The third kappa shape index (κ3) is 6.26. The van der Waals surface area contributed by atoms with Crippen molar-refractivity contribution in [1.29, 1.82) is 0 Å². The third-order valence-electron chi connectivity index (χ3n) is 7.73. The summed E-state index contributed by atoms with van der Waals surface area (Å²) in [7, 11) is 0. The molecule has 5 rings (SSSR count). The van der Waals surface area contributed by atoms with Gasteiger partial charge in [0.1, 0.15) is 12.2 Å². The average molecular weight is 550 g/mol. The van der Waals surface area contributed by atoms with E-state index in [0.717, 1.165) is 16.7 Å². The molecule has 3 aromatic rings. The number of rotatable bonds is 8. The van der Waals surface area contributed by atoms with E-state index in [1.165, 1.54) is 0 Å². The van der Waals surface area contributed by atoms with Crippen molar-refractivity contribution in [3.63, 3.8) is 0 Å². The molecule has 1 N–H and O–H groups in total. The molecular weight excluding hydrogens is 514 g/mol. The van der Waals surface area contributed by atoms with Gasteiger partial charge in [-0.3, -0.25) is 9.59 Å². The van der Waals surface area contributed by atoms with Gasteiger partial charge in [0.2, 0.25) is 11.8 Å². The Bertz CT molecular complexity index is 1390. The number of hydrogen-bond acceptors (Lipinski definition) is 4. The van der Waals surface area contributed by atoms with Gasteiger partial charge >= 0.3 is 6.03 Å². The molecule has 210 valence electrons. The number of nitrogens with one attached hydrogen (secondary N) is 1. The minimum atomic E-state index is -0.746. The highest BCUT2D eigenvalue weighted by Gasteiger charge is 2.51. The average Bonchev–Trinajstić information content (AvgIpc) is 2.99. The van der Waals surface area contributed by atoms with Crippen molar-refractivity contribution in [2.45, 2.75) is 38.0 Å². The second kappa shape index (κ2) is 12.7. The predicted octanol–water partition coefficient (Wildman–Crippen LogP) is 3.47. The standard InChI is InChI=1S/C33H35N5O3/c1-3-19-36-24-31(39)37-29(20-26-13-7-4-8-14-26)32(40)35(22-25(2)28-17-11-6-12-18-28)23-30(37)38(36)33(41)34-21-27-15-9-5-10-16-27/h1,4-18,25,29-30H,19-24H2,2H3,(H,34,41)/t25?,29-,30-/m0/s1. The number of benzene rings is 3. The summed E-state index contributed by atoms with van der Waals surface area (Å²) in [5.41, 5.74) is 3.02. The lowest BCUT2D eigenvalue weighted by Gasteiger charge is -2.55. The molecule has 0 spiro atoms. The molecule has 8 heteroatoms. The van der Waals surface area contributed by atoms with Crippen LogP contribution in [0, 0.1) is 12.3 Å².